The van der Waals surface area contributed by atoms with Gasteiger partial charge in [0.05, 0.1) is 6.54 Å². The molecule has 0 radical (unpaired) electrons. The van der Waals surface area contributed by atoms with E-state index in [1.165, 1.54) is 5.56 Å². The van der Waals surface area contributed by atoms with Gasteiger partial charge in [-0.25, -0.2) is 0 Å². The van der Waals surface area contributed by atoms with Gasteiger partial charge in [-0.2, -0.15) is 0 Å². The fourth-order valence-electron chi connectivity index (χ4n) is 3.18. The lowest BCUT2D eigenvalue weighted by molar-refractivity contribution is -0.123. The summed E-state index contributed by atoms with van der Waals surface area (Å²) in [5, 5.41) is 3.15. The molecular weight excluding hydrogens is 316 g/mol. The minimum atomic E-state index is 0.0710. The summed E-state index contributed by atoms with van der Waals surface area (Å²) < 4.78 is 1.90. The molecule has 140 valence electrons. The van der Waals surface area contributed by atoms with Crippen molar-refractivity contribution in [1.29, 1.82) is 0 Å². The molecule has 0 fully saturated rings. The van der Waals surface area contributed by atoms with Crippen molar-refractivity contribution in [3.63, 3.8) is 0 Å². The van der Waals surface area contributed by atoms with Gasteiger partial charge >= 0.3 is 0 Å². The maximum Gasteiger partial charge on any atom is 0.250 e. The molecule has 25 heavy (non-hydrogen) atoms. The van der Waals surface area contributed by atoms with E-state index in [2.05, 4.69) is 24.1 Å². The van der Waals surface area contributed by atoms with Gasteiger partial charge in [-0.15, -0.1) is 0 Å². The second kappa shape index (κ2) is 8.63. The Bertz CT molecular complexity index is 651. The minimum Gasteiger partial charge on any atom is -0.352 e. The van der Waals surface area contributed by atoms with Gasteiger partial charge in [-0.05, 0) is 59.8 Å². The maximum atomic E-state index is 12.2. The molecule has 0 aromatic carbocycles. The number of hydrogen-bond donors (Lipinski definition) is 1. The predicted molar refractivity (Wildman–Crippen MR) is 101 cm³/mol. The van der Waals surface area contributed by atoms with Crippen LogP contribution in [0.4, 0.5) is 0 Å². The van der Waals surface area contributed by atoms with E-state index in [0.29, 0.717) is 19.1 Å². The molecule has 0 saturated heterocycles. The summed E-state index contributed by atoms with van der Waals surface area (Å²) in [4.78, 5) is 28.6. The summed E-state index contributed by atoms with van der Waals surface area (Å²) in [6, 6.07) is 4.09. The monoisotopic (exact) mass is 348 g/mol. The van der Waals surface area contributed by atoms with Crippen molar-refractivity contribution in [1.82, 2.24) is 19.7 Å². The first-order valence-electron chi connectivity index (χ1n) is 9.14. The number of hydrogen-bond acceptors (Lipinski definition) is 4. The number of aromatic nitrogens is 1. The van der Waals surface area contributed by atoms with Crippen LogP contribution in [0.1, 0.15) is 31.5 Å². The molecule has 1 atom stereocenters. The first kappa shape index (κ1) is 19.7. The summed E-state index contributed by atoms with van der Waals surface area (Å²) in [7, 11) is 5.99. The van der Waals surface area contributed by atoms with Gasteiger partial charge in [0.15, 0.2) is 0 Å². The van der Waals surface area contributed by atoms with E-state index in [1.54, 1.807) is 6.07 Å². The van der Waals surface area contributed by atoms with Crippen molar-refractivity contribution in [3.8, 4) is 0 Å². The lowest BCUT2D eigenvalue weighted by Crippen LogP contribution is -2.45. The van der Waals surface area contributed by atoms with Gasteiger partial charge in [-0.1, -0.05) is 6.07 Å². The average Bonchev–Trinajstić information content (AvgIpc) is 2.53. The molecule has 1 heterocycles. The molecule has 1 aliphatic carbocycles. The van der Waals surface area contributed by atoms with Crippen molar-refractivity contribution in [3.05, 3.63) is 33.7 Å². The number of nitrogens with one attached hydrogen (secondary N) is 1. The second-order valence-electron chi connectivity index (χ2n) is 7.61. The molecule has 0 saturated carbocycles. The average molecular weight is 348 g/mol. The standard InChI is InChI=1S/C19H32N4O2/c1-14(2)22(5)13-18(24)20-16-7-8-17-15(12-16)6-9-19(25)23(17)11-10-21(3)4/h6,9,14,16H,7-8,10-13H2,1-5H3,(H,20,24). The number of fused-ring (bicyclic) bond motifs is 1. The van der Waals surface area contributed by atoms with Crippen LogP contribution in [-0.4, -0.2) is 66.6 Å². The van der Waals surface area contributed by atoms with Crippen LogP contribution < -0.4 is 10.9 Å². The van der Waals surface area contributed by atoms with E-state index < -0.39 is 0 Å². The van der Waals surface area contributed by atoms with Gasteiger partial charge in [0, 0.05) is 36.9 Å². The van der Waals surface area contributed by atoms with Crippen molar-refractivity contribution < 1.29 is 4.79 Å². The molecule has 0 spiro atoms. The third-order valence-electron chi connectivity index (χ3n) is 5.00. The Balaban J connectivity index is 2.03. The van der Waals surface area contributed by atoms with Crippen molar-refractivity contribution >= 4 is 5.91 Å². The molecule has 1 unspecified atom stereocenters. The first-order chi connectivity index (χ1) is 11.8. The molecule has 1 aliphatic rings. The van der Waals surface area contributed by atoms with Gasteiger partial charge in [0.1, 0.15) is 0 Å². The highest BCUT2D eigenvalue weighted by Crippen LogP contribution is 2.20. The number of amides is 1. The molecule has 2 rings (SSSR count). The Morgan fingerprint density at radius 3 is 2.68 bits per heavy atom. The zero-order chi connectivity index (χ0) is 18.6. The third kappa shape index (κ3) is 5.41. The van der Waals surface area contributed by atoms with Crippen LogP contribution in [0.5, 0.6) is 0 Å². The largest absolute Gasteiger partial charge is 0.352 e. The molecule has 1 aromatic rings. The fraction of sp³-hybridized carbons (Fsp3) is 0.684. The Hall–Kier alpha value is -1.66. The van der Waals surface area contributed by atoms with E-state index in [0.717, 1.165) is 31.5 Å². The van der Waals surface area contributed by atoms with Gasteiger partial charge in [0.2, 0.25) is 5.91 Å². The Morgan fingerprint density at radius 1 is 1.32 bits per heavy atom. The predicted octanol–water partition coefficient (Wildman–Crippen LogP) is 0.724. The van der Waals surface area contributed by atoms with E-state index in [-0.39, 0.29) is 17.5 Å². The smallest absolute Gasteiger partial charge is 0.250 e. The molecule has 0 aliphatic heterocycles. The summed E-state index contributed by atoms with van der Waals surface area (Å²) in [6.45, 7) is 6.14. The van der Waals surface area contributed by atoms with Gasteiger partial charge in [0.25, 0.3) is 5.56 Å². The Labute approximate surface area is 150 Å². The summed E-state index contributed by atoms with van der Waals surface area (Å²) in [5.74, 6) is 0.0746. The maximum absolute atomic E-state index is 12.2. The third-order valence-corrected chi connectivity index (χ3v) is 5.00. The lowest BCUT2D eigenvalue weighted by atomic mass is 9.91. The molecule has 0 bridgehead atoms. The highest BCUT2D eigenvalue weighted by atomic mass is 16.2. The number of pyridine rings is 1. The van der Waals surface area contributed by atoms with Crippen LogP contribution in [-0.2, 0) is 24.2 Å². The number of likely N-dealkylation sites (N-methyl/N-ethyl adjacent to an activating group) is 2. The first-order valence-corrected chi connectivity index (χ1v) is 9.14. The molecule has 6 nitrogen and oxygen atoms in total. The van der Waals surface area contributed by atoms with Crippen LogP contribution in [0.15, 0.2) is 16.9 Å². The van der Waals surface area contributed by atoms with Crippen molar-refractivity contribution in [2.24, 2.45) is 0 Å². The summed E-state index contributed by atoms with van der Waals surface area (Å²) in [5.41, 5.74) is 2.40. The SMILES string of the molecule is CC(C)N(C)CC(=O)NC1CCc2c(ccc(=O)n2CCN(C)C)C1. The van der Waals surface area contributed by atoms with Gasteiger partial charge in [-0.3, -0.25) is 14.5 Å². The van der Waals surface area contributed by atoms with Gasteiger partial charge < -0.3 is 14.8 Å². The van der Waals surface area contributed by atoms with Crippen LogP contribution in [0, 0.1) is 0 Å². The zero-order valence-corrected chi connectivity index (χ0v) is 16.2. The number of nitrogens with zero attached hydrogens (tertiary/aromatic N) is 3. The lowest BCUT2D eigenvalue weighted by Gasteiger charge is -2.29. The second-order valence-corrected chi connectivity index (χ2v) is 7.61. The molecule has 1 amide bonds. The number of rotatable bonds is 7. The Kier molecular flexibility index (Phi) is 6.79. The Morgan fingerprint density at radius 2 is 2.04 bits per heavy atom. The molecule has 1 N–H and O–H groups in total. The van der Waals surface area contributed by atoms with E-state index >= 15 is 0 Å². The molecular formula is C19H32N4O2. The van der Waals surface area contributed by atoms with Crippen LogP contribution in [0.2, 0.25) is 0 Å². The highest BCUT2D eigenvalue weighted by Gasteiger charge is 2.23. The number of carbonyl (C=O) groups is 1. The summed E-state index contributed by atoms with van der Waals surface area (Å²) in [6.07, 6.45) is 2.52. The zero-order valence-electron chi connectivity index (χ0n) is 16.2. The molecule has 1 aromatic heterocycles. The van der Waals surface area contributed by atoms with Crippen LogP contribution in [0.25, 0.3) is 0 Å². The quantitative estimate of drug-likeness (QED) is 0.789. The van der Waals surface area contributed by atoms with Crippen molar-refractivity contribution in [2.45, 2.75) is 51.7 Å². The van der Waals surface area contributed by atoms with Crippen molar-refractivity contribution in [2.75, 3.05) is 34.2 Å². The van der Waals surface area contributed by atoms with E-state index in [1.807, 2.05) is 36.7 Å². The summed E-state index contributed by atoms with van der Waals surface area (Å²) >= 11 is 0. The topological polar surface area (TPSA) is 57.6 Å². The number of carbonyl (C=O) groups excluding carboxylic acids is 1. The van der Waals surface area contributed by atoms with Crippen LogP contribution in [0.3, 0.4) is 0 Å². The molecule has 6 heteroatoms. The normalized spacial score (nSPS) is 17.2. The van der Waals surface area contributed by atoms with Crippen LogP contribution >= 0.6 is 0 Å². The van der Waals surface area contributed by atoms with E-state index in [9.17, 15) is 9.59 Å². The minimum absolute atomic E-state index is 0.0710. The van der Waals surface area contributed by atoms with E-state index in [4.69, 9.17) is 0 Å². The highest BCUT2D eigenvalue weighted by molar-refractivity contribution is 5.78. The fourth-order valence-corrected chi connectivity index (χ4v) is 3.18.